The first kappa shape index (κ1) is 20.3. The van der Waals surface area contributed by atoms with Crippen molar-refractivity contribution in [1.82, 2.24) is 14.9 Å². The van der Waals surface area contributed by atoms with E-state index in [1.54, 1.807) is 35.1 Å². The quantitative estimate of drug-likeness (QED) is 0.464. The second kappa shape index (κ2) is 8.43. The van der Waals surface area contributed by atoms with E-state index in [0.717, 1.165) is 5.56 Å². The van der Waals surface area contributed by atoms with E-state index in [9.17, 15) is 9.59 Å². The third-order valence-electron chi connectivity index (χ3n) is 4.81. The van der Waals surface area contributed by atoms with Crippen LogP contribution in [-0.4, -0.2) is 32.9 Å². The van der Waals surface area contributed by atoms with Crippen LogP contribution in [0.3, 0.4) is 0 Å². The molecular weight excluding hydrogens is 396 g/mol. The minimum atomic E-state index is -0.991. The van der Waals surface area contributed by atoms with Gasteiger partial charge in [0.25, 0.3) is 5.91 Å². The minimum absolute atomic E-state index is 0.0808. The Hall–Kier alpha value is -3.94. The molecule has 0 unspecified atom stereocenters. The zero-order chi connectivity index (χ0) is 22.0. The molecule has 0 spiro atoms. The van der Waals surface area contributed by atoms with Crippen molar-refractivity contribution in [2.45, 2.75) is 32.9 Å². The molecule has 0 saturated heterocycles. The summed E-state index contributed by atoms with van der Waals surface area (Å²) in [6.45, 7) is 5.43. The Balaban J connectivity index is 1.50. The van der Waals surface area contributed by atoms with Gasteiger partial charge in [-0.15, -0.1) is 0 Å². The third kappa shape index (κ3) is 4.18. The normalized spacial score (nSPS) is 12.1. The lowest BCUT2D eigenvalue weighted by Crippen LogP contribution is -2.31. The molecule has 8 heteroatoms. The van der Waals surface area contributed by atoms with Crippen LogP contribution in [0.4, 0.5) is 5.82 Å². The standard InChI is InChI=1S/C23H22N4O4/c1-14(2)27-20(11-12-24-27)25-22(28)15(3)30-23(29)17-9-10-19-18(13-17)21(31-26-19)16-7-5-4-6-8-16/h4-15H,1-3H3,(H,25,28)/t15-/m1/s1. The molecule has 0 aliphatic heterocycles. The second-order valence-corrected chi connectivity index (χ2v) is 7.40. The van der Waals surface area contributed by atoms with E-state index in [0.29, 0.717) is 28.0 Å². The molecule has 1 atom stereocenters. The number of hydrogen-bond acceptors (Lipinski definition) is 6. The fraction of sp³-hybridized carbons (Fsp3) is 0.217. The average Bonchev–Trinajstić information content (AvgIpc) is 3.40. The number of nitrogens with zero attached hydrogens (tertiary/aromatic N) is 3. The molecule has 4 rings (SSSR count). The van der Waals surface area contributed by atoms with Crippen molar-refractivity contribution in [2.75, 3.05) is 5.32 Å². The van der Waals surface area contributed by atoms with Gasteiger partial charge in [0.2, 0.25) is 0 Å². The van der Waals surface area contributed by atoms with Crippen molar-refractivity contribution >= 4 is 28.6 Å². The number of ether oxygens (including phenoxy) is 1. The number of esters is 1. The highest BCUT2D eigenvalue weighted by Gasteiger charge is 2.22. The smallest absolute Gasteiger partial charge is 0.338 e. The molecule has 0 aliphatic rings. The van der Waals surface area contributed by atoms with E-state index in [4.69, 9.17) is 9.26 Å². The third-order valence-corrected chi connectivity index (χ3v) is 4.81. The van der Waals surface area contributed by atoms with Crippen LogP contribution in [-0.2, 0) is 9.53 Å². The number of aromatic nitrogens is 3. The Morgan fingerprint density at radius 1 is 1.06 bits per heavy atom. The van der Waals surface area contributed by atoms with Gasteiger partial charge in [-0.3, -0.25) is 4.79 Å². The van der Waals surface area contributed by atoms with Crippen molar-refractivity contribution in [3.63, 3.8) is 0 Å². The number of fused-ring (bicyclic) bond motifs is 1. The Morgan fingerprint density at radius 3 is 2.58 bits per heavy atom. The highest BCUT2D eigenvalue weighted by atomic mass is 16.5. The summed E-state index contributed by atoms with van der Waals surface area (Å²) >= 11 is 0. The van der Waals surface area contributed by atoms with Crippen molar-refractivity contribution in [2.24, 2.45) is 0 Å². The van der Waals surface area contributed by atoms with Gasteiger partial charge < -0.3 is 14.6 Å². The summed E-state index contributed by atoms with van der Waals surface area (Å²) in [6, 6.07) is 16.2. The molecule has 4 aromatic rings. The van der Waals surface area contributed by atoms with E-state index >= 15 is 0 Å². The molecule has 0 radical (unpaired) electrons. The van der Waals surface area contributed by atoms with E-state index in [1.165, 1.54) is 6.92 Å². The second-order valence-electron chi connectivity index (χ2n) is 7.40. The molecule has 1 amide bonds. The lowest BCUT2D eigenvalue weighted by Gasteiger charge is -2.15. The maximum atomic E-state index is 12.7. The van der Waals surface area contributed by atoms with Crippen molar-refractivity contribution in [1.29, 1.82) is 0 Å². The van der Waals surface area contributed by atoms with Gasteiger partial charge >= 0.3 is 5.97 Å². The van der Waals surface area contributed by atoms with E-state index in [2.05, 4.69) is 15.6 Å². The van der Waals surface area contributed by atoms with Crippen molar-refractivity contribution in [3.8, 4) is 11.3 Å². The topological polar surface area (TPSA) is 99.2 Å². The zero-order valence-electron chi connectivity index (χ0n) is 17.4. The molecule has 2 heterocycles. The van der Waals surface area contributed by atoms with Gasteiger partial charge in [-0.25, -0.2) is 9.48 Å². The Kier molecular flexibility index (Phi) is 5.53. The number of amides is 1. The largest absolute Gasteiger partial charge is 0.449 e. The fourth-order valence-electron chi connectivity index (χ4n) is 3.20. The first-order chi connectivity index (χ1) is 14.9. The summed E-state index contributed by atoms with van der Waals surface area (Å²) in [4.78, 5) is 25.2. The lowest BCUT2D eigenvalue weighted by atomic mass is 10.1. The Morgan fingerprint density at radius 2 is 1.84 bits per heavy atom. The predicted octanol–water partition coefficient (Wildman–Crippen LogP) is 4.46. The number of carbonyl (C=O) groups excluding carboxylic acids is 2. The molecule has 31 heavy (non-hydrogen) atoms. The number of benzene rings is 2. The molecule has 0 saturated carbocycles. The number of nitrogens with one attached hydrogen (secondary N) is 1. The molecule has 0 bridgehead atoms. The summed E-state index contributed by atoms with van der Waals surface area (Å²) in [7, 11) is 0. The number of anilines is 1. The van der Waals surface area contributed by atoms with Crippen molar-refractivity contribution < 1.29 is 18.8 Å². The van der Waals surface area contributed by atoms with Gasteiger partial charge in [0, 0.05) is 17.7 Å². The monoisotopic (exact) mass is 418 g/mol. The maximum absolute atomic E-state index is 12.7. The first-order valence-corrected chi connectivity index (χ1v) is 9.94. The molecule has 8 nitrogen and oxygen atoms in total. The van der Waals surface area contributed by atoms with E-state index in [1.807, 2.05) is 44.2 Å². The molecule has 158 valence electrons. The highest BCUT2D eigenvalue weighted by molar-refractivity contribution is 6.00. The summed E-state index contributed by atoms with van der Waals surface area (Å²) in [5, 5.41) is 11.7. The number of rotatable bonds is 6. The van der Waals surface area contributed by atoms with E-state index in [-0.39, 0.29) is 6.04 Å². The summed E-state index contributed by atoms with van der Waals surface area (Å²) in [5.41, 5.74) is 1.79. The number of carbonyl (C=O) groups is 2. The summed E-state index contributed by atoms with van der Waals surface area (Å²) < 4.78 is 12.5. The van der Waals surface area contributed by atoms with Crippen LogP contribution in [0.25, 0.3) is 22.2 Å². The van der Waals surface area contributed by atoms with Gasteiger partial charge in [0.05, 0.1) is 17.1 Å². The predicted molar refractivity (Wildman–Crippen MR) is 116 cm³/mol. The van der Waals surface area contributed by atoms with Gasteiger partial charge in [0.1, 0.15) is 11.3 Å². The molecule has 0 aliphatic carbocycles. The maximum Gasteiger partial charge on any atom is 0.338 e. The molecule has 2 aromatic carbocycles. The van der Waals surface area contributed by atoms with Gasteiger partial charge in [0.15, 0.2) is 11.9 Å². The van der Waals surface area contributed by atoms with Crippen LogP contribution in [0.2, 0.25) is 0 Å². The van der Waals surface area contributed by atoms with Crippen LogP contribution in [0.15, 0.2) is 65.3 Å². The minimum Gasteiger partial charge on any atom is -0.449 e. The first-order valence-electron chi connectivity index (χ1n) is 9.94. The zero-order valence-corrected chi connectivity index (χ0v) is 17.4. The molecule has 1 N–H and O–H groups in total. The SMILES string of the molecule is CC(C)n1nccc1NC(=O)[C@@H](C)OC(=O)c1ccc2noc(-c3ccccc3)c2c1. The fourth-order valence-corrected chi connectivity index (χ4v) is 3.20. The van der Waals surface area contributed by atoms with Gasteiger partial charge in [-0.1, -0.05) is 35.5 Å². The van der Waals surface area contributed by atoms with Gasteiger partial charge in [-0.2, -0.15) is 5.10 Å². The van der Waals surface area contributed by atoms with Crippen LogP contribution >= 0.6 is 0 Å². The van der Waals surface area contributed by atoms with Gasteiger partial charge in [-0.05, 0) is 39.0 Å². The van der Waals surface area contributed by atoms with Crippen LogP contribution in [0.1, 0.15) is 37.2 Å². The molecule has 2 aromatic heterocycles. The lowest BCUT2D eigenvalue weighted by molar-refractivity contribution is -0.123. The Labute approximate surface area is 178 Å². The molecule has 0 fully saturated rings. The Bertz CT molecular complexity index is 1230. The van der Waals surface area contributed by atoms with Crippen molar-refractivity contribution in [3.05, 3.63) is 66.4 Å². The van der Waals surface area contributed by atoms with E-state index < -0.39 is 18.0 Å². The van der Waals surface area contributed by atoms with Crippen LogP contribution < -0.4 is 5.32 Å². The summed E-state index contributed by atoms with van der Waals surface area (Å²) in [5.74, 6) is 0.0631. The molecular formula is C23H22N4O4. The van der Waals surface area contributed by atoms with Crippen LogP contribution in [0.5, 0.6) is 0 Å². The summed E-state index contributed by atoms with van der Waals surface area (Å²) in [6.07, 6.45) is 0.611. The van der Waals surface area contributed by atoms with Crippen LogP contribution in [0, 0.1) is 0 Å². The average molecular weight is 418 g/mol. The number of hydrogen-bond donors (Lipinski definition) is 1. The highest BCUT2D eigenvalue weighted by Crippen LogP contribution is 2.29.